The summed E-state index contributed by atoms with van der Waals surface area (Å²) in [5.41, 5.74) is 0. The van der Waals surface area contributed by atoms with Crippen LogP contribution in [0.25, 0.3) is 0 Å². The van der Waals surface area contributed by atoms with E-state index in [0.717, 1.165) is 37.9 Å². The van der Waals surface area contributed by atoms with Gasteiger partial charge in [-0.15, -0.1) is 24.0 Å². The van der Waals surface area contributed by atoms with Gasteiger partial charge in [-0.05, 0) is 37.6 Å². The molecule has 0 heterocycles. The lowest BCUT2D eigenvalue weighted by molar-refractivity contribution is 0.145. The molecule has 0 aliphatic carbocycles. The van der Waals surface area contributed by atoms with E-state index in [0.29, 0.717) is 18.2 Å². The Balaban J connectivity index is 0.00000441. The van der Waals surface area contributed by atoms with E-state index in [1.54, 1.807) is 7.05 Å². The predicted octanol–water partition coefficient (Wildman–Crippen LogP) is 2.93. The van der Waals surface area contributed by atoms with Crippen molar-refractivity contribution in [2.45, 2.75) is 13.3 Å². The number of nitrogens with one attached hydrogen (secondary N) is 2. The molecule has 1 rings (SSSR count). The van der Waals surface area contributed by atoms with Gasteiger partial charge in [0.05, 0.1) is 6.54 Å². The number of nitrogens with zero attached hydrogens (tertiary/aromatic N) is 1. The van der Waals surface area contributed by atoms with Crippen molar-refractivity contribution < 1.29 is 9.47 Å². The Bertz CT molecular complexity index is 416. The number of hydrogen-bond donors (Lipinski definition) is 2. The third-order valence-corrected chi connectivity index (χ3v) is 2.91. The monoisotopic (exact) mass is 441 g/mol. The number of benzene rings is 1. The van der Waals surface area contributed by atoms with Crippen LogP contribution < -0.4 is 15.4 Å². The molecule has 22 heavy (non-hydrogen) atoms. The first-order valence-corrected chi connectivity index (χ1v) is 7.54. The van der Waals surface area contributed by atoms with Crippen molar-refractivity contribution in [2.75, 3.05) is 40.0 Å². The molecule has 0 fully saturated rings. The van der Waals surface area contributed by atoms with Gasteiger partial charge >= 0.3 is 0 Å². The Hall–Kier alpha value is -0.730. The molecule has 1 aromatic carbocycles. The molecule has 0 bridgehead atoms. The maximum Gasteiger partial charge on any atom is 0.191 e. The van der Waals surface area contributed by atoms with Gasteiger partial charge in [-0.2, -0.15) is 0 Å². The number of ether oxygens (including phenoxy) is 2. The van der Waals surface area contributed by atoms with Crippen LogP contribution in [0, 0.1) is 0 Å². The number of aliphatic imine (C=N–C) groups is 1. The Morgan fingerprint density at radius 3 is 2.45 bits per heavy atom. The summed E-state index contributed by atoms with van der Waals surface area (Å²) >= 11 is 5.81. The van der Waals surface area contributed by atoms with Gasteiger partial charge in [0.25, 0.3) is 0 Å². The zero-order chi connectivity index (χ0) is 15.3. The van der Waals surface area contributed by atoms with Gasteiger partial charge in [-0.3, -0.25) is 4.99 Å². The fourth-order valence-electron chi connectivity index (χ4n) is 1.62. The van der Waals surface area contributed by atoms with Crippen LogP contribution in [0.15, 0.2) is 29.3 Å². The summed E-state index contributed by atoms with van der Waals surface area (Å²) in [4.78, 5) is 4.14. The van der Waals surface area contributed by atoms with Crippen molar-refractivity contribution in [3.05, 3.63) is 29.3 Å². The van der Waals surface area contributed by atoms with Gasteiger partial charge in [-0.25, -0.2) is 0 Å². The highest BCUT2D eigenvalue weighted by Gasteiger charge is 1.97. The van der Waals surface area contributed by atoms with Crippen molar-refractivity contribution in [1.29, 1.82) is 0 Å². The maximum atomic E-state index is 5.81. The number of halogens is 2. The van der Waals surface area contributed by atoms with Gasteiger partial charge in [0, 0.05) is 31.8 Å². The first-order chi connectivity index (χ1) is 10.3. The molecular weight excluding hydrogens is 417 g/mol. The predicted molar refractivity (Wildman–Crippen MR) is 103 cm³/mol. The molecule has 0 aliphatic heterocycles. The smallest absolute Gasteiger partial charge is 0.191 e. The lowest BCUT2D eigenvalue weighted by Crippen LogP contribution is -2.39. The largest absolute Gasteiger partial charge is 0.492 e. The summed E-state index contributed by atoms with van der Waals surface area (Å²) in [6.45, 7) is 5.58. The second kappa shape index (κ2) is 13.9. The first kappa shape index (κ1) is 21.3. The van der Waals surface area contributed by atoms with E-state index in [4.69, 9.17) is 21.1 Å². The van der Waals surface area contributed by atoms with Crippen LogP contribution in [0.1, 0.15) is 13.3 Å². The molecule has 7 heteroatoms. The van der Waals surface area contributed by atoms with Crippen LogP contribution in [0.4, 0.5) is 0 Å². The fourth-order valence-corrected chi connectivity index (χ4v) is 1.74. The fraction of sp³-hybridized carbons (Fsp3) is 0.533. The SMILES string of the molecule is CCOCCCNC(=NC)NCCOc1ccc(Cl)cc1.I. The molecule has 0 radical (unpaired) electrons. The normalized spacial score (nSPS) is 10.8. The van der Waals surface area contributed by atoms with Crippen LogP contribution in [0.5, 0.6) is 5.75 Å². The second-order valence-electron chi connectivity index (χ2n) is 4.28. The van der Waals surface area contributed by atoms with Crippen LogP contribution >= 0.6 is 35.6 Å². The second-order valence-corrected chi connectivity index (χ2v) is 4.72. The van der Waals surface area contributed by atoms with Gasteiger partial charge in [-0.1, -0.05) is 11.6 Å². The van der Waals surface area contributed by atoms with E-state index < -0.39 is 0 Å². The Labute approximate surface area is 154 Å². The van der Waals surface area contributed by atoms with Crippen LogP contribution in [-0.2, 0) is 4.74 Å². The summed E-state index contributed by atoms with van der Waals surface area (Å²) in [5.74, 6) is 1.58. The van der Waals surface area contributed by atoms with Crippen LogP contribution in [-0.4, -0.2) is 45.9 Å². The molecule has 0 aromatic heterocycles. The molecule has 1 aromatic rings. The van der Waals surface area contributed by atoms with Gasteiger partial charge in [0.1, 0.15) is 12.4 Å². The number of guanidine groups is 1. The van der Waals surface area contributed by atoms with Crippen molar-refractivity contribution in [2.24, 2.45) is 4.99 Å². The molecular formula is C15H25ClIN3O2. The molecule has 0 spiro atoms. The van der Waals surface area contributed by atoms with E-state index in [-0.39, 0.29) is 24.0 Å². The van der Waals surface area contributed by atoms with Crippen molar-refractivity contribution in [1.82, 2.24) is 10.6 Å². The van der Waals surface area contributed by atoms with Crippen LogP contribution in [0.3, 0.4) is 0 Å². The van der Waals surface area contributed by atoms with E-state index in [1.807, 2.05) is 31.2 Å². The minimum absolute atomic E-state index is 0. The molecule has 0 aliphatic rings. The summed E-state index contributed by atoms with van der Waals surface area (Å²) in [6.07, 6.45) is 0.954. The standard InChI is InChI=1S/C15H24ClN3O2.HI/c1-3-20-11-4-9-18-15(17-2)19-10-12-21-14-7-5-13(16)6-8-14;/h5-8H,3-4,9-12H2,1-2H3,(H2,17,18,19);1H. The zero-order valence-electron chi connectivity index (χ0n) is 13.1. The number of hydrogen-bond acceptors (Lipinski definition) is 3. The third kappa shape index (κ3) is 10.1. The highest BCUT2D eigenvalue weighted by Crippen LogP contribution is 2.14. The third-order valence-electron chi connectivity index (χ3n) is 2.66. The molecule has 0 saturated carbocycles. The number of rotatable bonds is 9. The highest BCUT2D eigenvalue weighted by atomic mass is 127. The summed E-state index contributed by atoms with van der Waals surface area (Å²) in [7, 11) is 1.75. The zero-order valence-corrected chi connectivity index (χ0v) is 16.2. The molecule has 126 valence electrons. The Kier molecular flexibility index (Phi) is 13.4. The van der Waals surface area contributed by atoms with Gasteiger partial charge in [0.15, 0.2) is 5.96 Å². The quantitative estimate of drug-likeness (QED) is 0.268. The van der Waals surface area contributed by atoms with Crippen molar-refractivity contribution >= 4 is 41.5 Å². The molecule has 2 N–H and O–H groups in total. The highest BCUT2D eigenvalue weighted by molar-refractivity contribution is 14.0. The topological polar surface area (TPSA) is 54.9 Å². The van der Waals surface area contributed by atoms with Gasteiger partial charge in [0.2, 0.25) is 0 Å². The first-order valence-electron chi connectivity index (χ1n) is 7.17. The average Bonchev–Trinajstić information content (AvgIpc) is 2.51. The lowest BCUT2D eigenvalue weighted by Gasteiger charge is -2.12. The van der Waals surface area contributed by atoms with E-state index >= 15 is 0 Å². The summed E-state index contributed by atoms with van der Waals surface area (Å²) < 4.78 is 10.9. The Morgan fingerprint density at radius 2 is 1.82 bits per heavy atom. The maximum absolute atomic E-state index is 5.81. The molecule has 0 saturated heterocycles. The molecule has 5 nitrogen and oxygen atoms in total. The lowest BCUT2D eigenvalue weighted by atomic mass is 10.3. The summed E-state index contributed by atoms with van der Waals surface area (Å²) in [6, 6.07) is 7.32. The summed E-state index contributed by atoms with van der Waals surface area (Å²) in [5, 5.41) is 7.11. The Morgan fingerprint density at radius 1 is 1.14 bits per heavy atom. The molecule has 0 amide bonds. The van der Waals surface area contributed by atoms with E-state index in [2.05, 4.69) is 15.6 Å². The minimum Gasteiger partial charge on any atom is -0.492 e. The van der Waals surface area contributed by atoms with Crippen molar-refractivity contribution in [3.63, 3.8) is 0 Å². The van der Waals surface area contributed by atoms with Gasteiger partial charge < -0.3 is 20.1 Å². The van der Waals surface area contributed by atoms with E-state index in [9.17, 15) is 0 Å². The van der Waals surface area contributed by atoms with Crippen molar-refractivity contribution in [3.8, 4) is 5.75 Å². The molecule has 0 unspecified atom stereocenters. The average molecular weight is 442 g/mol. The van der Waals surface area contributed by atoms with Crippen LogP contribution in [0.2, 0.25) is 5.02 Å². The minimum atomic E-state index is 0. The molecule has 0 atom stereocenters. The van der Waals surface area contributed by atoms with E-state index in [1.165, 1.54) is 0 Å².